The van der Waals surface area contributed by atoms with Crippen LogP contribution in [0.4, 0.5) is 10.3 Å². The highest BCUT2D eigenvalue weighted by Gasteiger charge is 2.28. The third-order valence-corrected chi connectivity index (χ3v) is 9.52. The third kappa shape index (κ3) is 5.39. The Labute approximate surface area is 234 Å². The number of hydrogen-bond acceptors (Lipinski definition) is 9. The van der Waals surface area contributed by atoms with Gasteiger partial charge in [-0.1, -0.05) is 65.8 Å². The molecule has 1 saturated heterocycles. The lowest BCUT2D eigenvalue weighted by Crippen LogP contribution is -2.52. The summed E-state index contributed by atoms with van der Waals surface area (Å²) >= 11 is 2.81. The average Bonchev–Trinajstić information content (AvgIpc) is 3.72. The predicted molar refractivity (Wildman–Crippen MR) is 156 cm³/mol. The van der Waals surface area contributed by atoms with Crippen LogP contribution in [0.15, 0.2) is 36.4 Å². The van der Waals surface area contributed by atoms with Crippen LogP contribution in [0.5, 0.6) is 0 Å². The summed E-state index contributed by atoms with van der Waals surface area (Å²) in [6, 6.07) is 11.2. The van der Waals surface area contributed by atoms with Gasteiger partial charge in [-0.2, -0.15) is 0 Å². The second-order valence-electron chi connectivity index (χ2n) is 10.1. The lowest BCUT2D eigenvalue weighted by molar-refractivity contribution is -0.131. The zero-order valence-electron chi connectivity index (χ0n) is 21.7. The van der Waals surface area contributed by atoms with Crippen LogP contribution in [0.25, 0.3) is 20.4 Å². The van der Waals surface area contributed by atoms with Gasteiger partial charge in [0.2, 0.25) is 5.91 Å². The number of nitrogens with one attached hydrogen (secondary N) is 2. The Morgan fingerprint density at radius 1 is 0.923 bits per heavy atom. The highest BCUT2D eigenvalue weighted by Crippen LogP contribution is 2.37. The van der Waals surface area contributed by atoms with Crippen molar-refractivity contribution in [3.8, 4) is 0 Å². The van der Waals surface area contributed by atoms with Gasteiger partial charge in [0.05, 0.1) is 27.0 Å². The third-order valence-electron chi connectivity index (χ3n) is 7.64. The number of fused-ring (bicyclic) bond motifs is 2. The highest BCUT2D eigenvalue weighted by molar-refractivity contribution is 7.24. The van der Waals surface area contributed by atoms with Gasteiger partial charge in [0.1, 0.15) is 0 Å². The first-order chi connectivity index (χ1) is 19.0. The molecule has 9 nitrogen and oxygen atoms in total. The number of thiazole rings is 2. The fourth-order valence-electron chi connectivity index (χ4n) is 5.50. The number of carbonyl (C=O) groups excluding carboxylic acids is 3. The van der Waals surface area contributed by atoms with Crippen molar-refractivity contribution in [3.05, 3.63) is 47.5 Å². The van der Waals surface area contributed by atoms with Gasteiger partial charge in [0.15, 0.2) is 10.3 Å². The molecule has 2 aromatic heterocycles. The molecule has 0 bridgehead atoms. The zero-order chi connectivity index (χ0) is 26.9. The molecule has 3 heterocycles. The van der Waals surface area contributed by atoms with E-state index in [9.17, 15) is 14.4 Å². The van der Waals surface area contributed by atoms with Gasteiger partial charge in [0, 0.05) is 43.3 Å². The number of aromatic nitrogens is 2. The second-order valence-corrected chi connectivity index (χ2v) is 12.2. The second kappa shape index (κ2) is 11.0. The fraction of sp³-hybridized carbons (Fsp3) is 0.393. The lowest BCUT2D eigenvalue weighted by atomic mass is 10.1. The minimum atomic E-state index is -0.714. The van der Waals surface area contributed by atoms with E-state index in [2.05, 4.69) is 20.5 Å². The van der Waals surface area contributed by atoms with E-state index in [0.717, 1.165) is 52.2 Å². The van der Waals surface area contributed by atoms with Crippen molar-refractivity contribution >= 4 is 71.0 Å². The molecule has 4 aromatic rings. The summed E-state index contributed by atoms with van der Waals surface area (Å²) in [7, 11) is 0. The molecule has 0 atom stereocenters. The Bertz CT molecular complexity index is 1540. The van der Waals surface area contributed by atoms with Crippen LogP contribution < -0.4 is 10.6 Å². The summed E-state index contributed by atoms with van der Waals surface area (Å²) in [6.45, 7) is 5.66. The molecule has 1 aliphatic heterocycles. The fourth-order valence-corrected chi connectivity index (χ4v) is 7.50. The summed E-state index contributed by atoms with van der Waals surface area (Å²) in [5.41, 5.74) is 2.79. The first kappa shape index (κ1) is 25.8. The number of benzene rings is 2. The van der Waals surface area contributed by atoms with E-state index in [0.29, 0.717) is 21.9 Å². The number of piperazine rings is 1. The van der Waals surface area contributed by atoms with Gasteiger partial charge in [-0.25, -0.2) is 9.97 Å². The van der Waals surface area contributed by atoms with Crippen molar-refractivity contribution in [3.63, 3.8) is 0 Å². The van der Waals surface area contributed by atoms with Crippen molar-refractivity contribution in [2.75, 3.05) is 43.4 Å². The van der Waals surface area contributed by atoms with E-state index in [4.69, 9.17) is 4.98 Å². The molecule has 202 valence electrons. The van der Waals surface area contributed by atoms with Gasteiger partial charge in [-0.3, -0.25) is 24.6 Å². The predicted octanol–water partition coefficient (Wildman–Crippen LogP) is 4.53. The quantitative estimate of drug-likeness (QED) is 0.252. The van der Waals surface area contributed by atoms with Crippen LogP contribution in [0.2, 0.25) is 0 Å². The highest BCUT2D eigenvalue weighted by atomic mass is 32.1. The number of carbonyl (C=O) groups is 3. The van der Waals surface area contributed by atoms with Gasteiger partial charge in [-0.05, 0) is 25.8 Å². The molecular formula is C28H30N6O3S2. The van der Waals surface area contributed by atoms with Crippen LogP contribution >= 0.6 is 22.7 Å². The molecule has 1 aliphatic carbocycles. The van der Waals surface area contributed by atoms with Gasteiger partial charge < -0.3 is 10.2 Å². The number of anilines is 2. The summed E-state index contributed by atoms with van der Waals surface area (Å²) < 4.78 is 1.87. The normalized spacial score (nSPS) is 16.7. The molecule has 0 unspecified atom stereocenters. The average molecular weight is 563 g/mol. The maximum atomic E-state index is 12.9. The Kier molecular flexibility index (Phi) is 7.28. The first-order valence-corrected chi connectivity index (χ1v) is 15.0. The van der Waals surface area contributed by atoms with E-state index in [1.54, 1.807) is 30.3 Å². The van der Waals surface area contributed by atoms with E-state index >= 15 is 0 Å². The molecule has 2 amide bonds. The summed E-state index contributed by atoms with van der Waals surface area (Å²) in [4.78, 5) is 51.6. The van der Waals surface area contributed by atoms with Gasteiger partial charge in [0.25, 0.3) is 11.7 Å². The Morgan fingerprint density at radius 2 is 1.56 bits per heavy atom. The first-order valence-electron chi connectivity index (χ1n) is 13.3. The van der Waals surface area contributed by atoms with Crippen LogP contribution in [0.3, 0.4) is 0 Å². The Balaban J connectivity index is 1.09. The number of rotatable bonds is 7. The van der Waals surface area contributed by atoms with E-state index in [1.165, 1.54) is 48.4 Å². The smallest absolute Gasteiger partial charge is 0.298 e. The van der Waals surface area contributed by atoms with E-state index in [-0.39, 0.29) is 12.5 Å². The largest absolute Gasteiger partial charge is 0.352 e. The summed E-state index contributed by atoms with van der Waals surface area (Å²) in [5.74, 6) is -1.21. The molecule has 11 heteroatoms. The molecule has 6 rings (SSSR count). The van der Waals surface area contributed by atoms with Crippen molar-refractivity contribution in [2.24, 2.45) is 0 Å². The van der Waals surface area contributed by atoms with Gasteiger partial charge >= 0.3 is 0 Å². The minimum Gasteiger partial charge on any atom is -0.352 e. The zero-order valence-corrected chi connectivity index (χ0v) is 23.4. The van der Waals surface area contributed by atoms with E-state index in [1.807, 2.05) is 17.9 Å². The minimum absolute atomic E-state index is 0.102. The molecule has 2 fully saturated rings. The molecule has 2 aliphatic rings. The lowest BCUT2D eigenvalue weighted by Gasteiger charge is -2.38. The number of ketones is 1. The van der Waals surface area contributed by atoms with Crippen molar-refractivity contribution in [2.45, 2.75) is 38.6 Å². The number of aryl methyl sites for hydroxylation is 1. The van der Waals surface area contributed by atoms with Crippen LogP contribution in [-0.2, 0) is 9.59 Å². The number of nitrogens with zero attached hydrogens (tertiary/aromatic N) is 4. The van der Waals surface area contributed by atoms with Crippen LogP contribution in [0, 0.1) is 6.92 Å². The van der Waals surface area contributed by atoms with E-state index < -0.39 is 11.7 Å². The van der Waals surface area contributed by atoms with Crippen molar-refractivity contribution in [1.82, 2.24) is 19.8 Å². The SMILES string of the molecule is Cc1c2nc(NCC(=O)N3CCN(C4CCCC4)CC3)sc2cc2sc(NC(=O)C(=O)c3ccccc3)nc12. The molecule has 2 aromatic carbocycles. The van der Waals surface area contributed by atoms with Gasteiger partial charge in [-0.15, -0.1) is 0 Å². The molecule has 39 heavy (non-hydrogen) atoms. The number of amides is 2. The summed E-state index contributed by atoms with van der Waals surface area (Å²) in [6.07, 6.45) is 5.25. The molecule has 0 spiro atoms. The standard InChI is InChI=1S/C28H30N6O3S2/c1-17-23-20(15-21-24(17)31-28(39-21)32-26(37)25(36)18-7-3-2-4-8-18)38-27(30-23)29-16-22(35)34-13-11-33(12-14-34)19-9-5-6-10-19/h2-4,7-8,15,19H,5-6,9-14,16H2,1H3,(H,29,30)(H,31,32,37). The van der Waals surface area contributed by atoms with Crippen LogP contribution in [-0.4, -0.2) is 76.1 Å². The Hall–Kier alpha value is -3.41. The molecule has 1 saturated carbocycles. The van der Waals surface area contributed by atoms with Crippen molar-refractivity contribution in [1.29, 1.82) is 0 Å². The molecular weight excluding hydrogens is 532 g/mol. The topological polar surface area (TPSA) is 108 Å². The summed E-state index contributed by atoms with van der Waals surface area (Å²) in [5, 5.41) is 6.94. The van der Waals surface area contributed by atoms with Crippen LogP contribution in [0.1, 0.15) is 41.6 Å². The maximum Gasteiger partial charge on any atom is 0.298 e. The molecule has 0 radical (unpaired) electrons. The molecule has 2 N–H and O–H groups in total. The van der Waals surface area contributed by atoms with Crippen molar-refractivity contribution < 1.29 is 14.4 Å². The monoisotopic (exact) mass is 562 g/mol. The Morgan fingerprint density at radius 3 is 2.26 bits per heavy atom. The number of hydrogen-bond donors (Lipinski definition) is 2. The maximum absolute atomic E-state index is 12.9. The number of Topliss-reactive ketones (excluding diaryl/α,β-unsaturated/α-hetero) is 1.